The molecule has 0 saturated heterocycles. The number of phosphoric acid groups is 1. The summed E-state index contributed by atoms with van der Waals surface area (Å²) in [5.74, 6) is 1.18. The van der Waals surface area contributed by atoms with E-state index in [1.165, 1.54) is 22.1 Å². The van der Waals surface area contributed by atoms with Crippen molar-refractivity contribution in [1.29, 1.82) is 5.26 Å². The first-order valence-corrected chi connectivity index (χ1v) is 19.5. The number of carbonyl (C=O) groups excluding carboxylic acids is 1. The molecule has 4 atom stereocenters. The highest BCUT2D eigenvalue weighted by atomic mass is 35.5. The molecule has 1 amide bonds. The van der Waals surface area contributed by atoms with Crippen LogP contribution in [0.2, 0.25) is 5.02 Å². The Kier molecular flexibility index (Phi) is 10.0. The number of halogens is 1. The van der Waals surface area contributed by atoms with Crippen molar-refractivity contribution >= 4 is 58.6 Å². The van der Waals surface area contributed by atoms with Gasteiger partial charge in [0.05, 0.1) is 46.3 Å². The molecule has 54 heavy (non-hydrogen) atoms. The standard InChI is InChI=1S/C37H40ClN8O7P/c1-37(2,3)20-41-32-22(17-39)18-40-33-28(32)15-23(16-29(33)38)46(36(48)52-12-13-53-54(49,50)51)34(26-6-5-7-27-25(26)10-11-44(4)35(27)47)30-19-45(43-42-30)31-14-21-8-9-24(21)31/h5-7,10-11,15-16,18-19,21,24,31,34H,8-9,12-14,20H2,1-4H3,(H,40,41)(H2,49,50,51)/t21?,24?,31?,34-/m0/s1. The molecule has 2 aliphatic carbocycles. The fourth-order valence-corrected chi connectivity index (χ4v) is 7.94. The number of nitriles is 1. The van der Waals surface area contributed by atoms with Crippen molar-refractivity contribution in [3.8, 4) is 6.07 Å². The molecule has 2 aromatic carbocycles. The highest BCUT2D eigenvalue weighted by Crippen LogP contribution is 2.56. The number of aryl methyl sites for hydroxylation is 1. The molecule has 0 aliphatic heterocycles. The molecule has 7 rings (SSSR count). The van der Waals surface area contributed by atoms with Crippen LogP contribution in [-0.2, 0) is 20.9 Å². The number of benzene rings is 2. The van der Waals surface area contributed by atoms with E-state index in [2.05, 4.69) is 31.2 Å². The van der Waals surface area contributed by atoms with Crippen LogP contribution in [0.1, 0.15) is 68.9 Å². The Morgan fingerprint density at radius 3 is 2.65 bits per heavy atom. The predicted molar refractivity (Wildman–Crippen MR) is 202 cm³/mol. The predicted octanol–water partition coefficient (Wildman–Crippen LogP) is 6.47. The fourth-order valence-electron chi connectivity index (χ4n) is 7.36. The van der Waals surface area contributed by atoms with Gasteiger partial charge in [-0.15, -0.1) is 5.10 Å². The van der Waals surface area contributed by atoms with E-state index >= 15 is 0 Å². The number of hydrogen-bond donors (Lipinski definition) is 3. The number of fused-ring (bicyclic) bond motifs is 3. The Balaban J connectivity index is 1.44. The molecule has 17 heteroatoms. The molecule has 3 unspecified atom stereocenters. The quantitative estimate of drug-likeness (QED) is 0.0978. The second-order valence-electron chi connectivity index (χ2n) is 15.1. The lowest BCUT2D eigenvalue weighted by Gasteiger charge is -2.52. The molecule has 5 aromatic rings. The molecule has 3 N–H and O–H groups in total. The van der Waals surface area contributed by atoms with Gasteiger partial charge in [-0.05, 0) is 71.7 Å². The average molecular weight is 775 g/mol. The third kappa shape index (κ3) is 7.32. The summed E-state index contributed by atoms with van der Waals surface area (Å²) >= 11 is 6.95. The molecule has 0 spiro atoms. The number of rotatable bonds is 11. The number of ether oxygens (including phenoxy) is 1. The van der Waals surface area contributed by atoms with Gasteiger partial charge >= 0.3 is 13.9 Å². The van der Waals surface area contributed by atoms with Crippen molar-refractivity contribution in [2.75, 3.05) is 30.0 Å². The Morgan fingerprint density at radius 1 is 1.19 bits per heavy atom. The molecular formula is C37H40ClN8O7P. The van der Waals surface area contributed by atoms with Crippen molar-refractivity contribution in [1.82, 2.24) is 24.5 Å². The van der Waals surface area contributed by atoms with Crippen molar-refractivity contribution in [2.45, 2.75) is 52.1 Å². The maximum absolute atomic E-state index is 14.5. The molecule has 0 radical (unpaired) electrons. The summed E-state index contributed by atoms with van der Waals surface area (Å²) < 4.78 is 24.9. The van der Waals surface area contributed by atoms with Crippen LogP contribution in [0.4, 0.5) is 16.2 Å². The number of aromatic nitrogens is 5. The monoisotopic (exact) mass is 774 g/mol. The van der Waals surface area contributed by atoms with Gasteiger partial charge in [-0.1, -0.05) is 49.7 Å². The summed E-state index contributed by atoms with van der Waals surface area (Å²) in [5, 5.41) is 24.2. The average Bonchev–Trinajstić information content (AvgIpc) is 3.58. The highest BCUT2D eigenvalue weighted by molar-refractivity contribution is 7.46. The van der Waals surface area contributed by atoms with E-state index in [1.807, 2.05) is 31.6 Å². The van der Waals surface area contributed by atoms with Crippen LogP contribution in [0.15, 0.2) is 59.8 Å². The van der Waals surface area contributed by atoms with Gasteiger partial charge in [-0.2, -0.15) is 5.26 Å². The van der Waals surface area contributed by atoms with Crippen LogP contribution in [0.5, 0.6) is 0 Å². The second-order valence-corrected chi connectivity index (χ2v) is 16.7. The van der Waals surface area contributed by atoms with E-state index in [4.69, 9.17) is 16.3 Å². The van der Waals surface area contributed by atoms with Crippen molar-refractivity contribution in [3.63, 3.8) is 0 Å². The summed E-state index contributed by atoms with van der Waals surface area (Å²) in [6.07, 6.45) is 7.24. The largest absolute Gasteiger partial charge is 0.469 e. The van der Waals surface area contributed by atoms with Crippen molar-refractivity contribution in [3.05, 3.63) is 87.2 Å². The zero-order valence-corrected chi connectivity index (χ0v) is 31.8. The highest BCUT2D eigenvalue weighted by Gasteiger charge is 2.48. The minimum absolute atomic E-state index is 0.165. The molecule has 2 fully saturated rings. The van der Waals surface area contributed by atoms with E-state index in [9.17, 15) is 29.2 Å². The van der Waals surface area contributed by atoms with Gasteiger partial charge in [0.25, 0.3) is 5.56 Å². The zero-order valence-electron chi connectivity index (χ0n) is 30.1. The third-order valence-electron chi connectivity index (χ3n) is 10.2. The van der Waals surface area contributed by atoms with Gasteiger partial charge in [0, 0.05) is 36.8 Å². The topological polar surface area (TPSA) is 198 Å². The van der Waals surface area contributed by atoms with Crippen molar-refractivity contribution < 1.29 is 28.4 Å². The van der Waals surface area contributed by atoms with E-state index in [0.717, 1.165) is 12.8 Å². The lowest BCUT2D eigenvalue weighted by atomic mass is 9.56. The van der Waals surface area contributed by atoms with E-state index < -0.39 is 33.2 Å². The Hall–Kier alpha value is -4.84. The fraction of sp³-hybridized carbons (Fsp3) is 0.405. The third-order valence-corrected chi connectivity index (χ3v) is 11.0. The first kappa shape index (κ1) is 37.5. The molecule has 15 nitrogen and oxygen atoms in total. The number of nitrogens with one attached hydrogen (secondary N) is 1. The molecule has 2 saturated carbocycles. The van der Waals surface area contributed by atoms with E-state index in [-0.39, 0.29) is 33.3 Å². The van der Waals surface area contributed by atoms with E-state index in [1.54, 1.807) is 49.6 Å². The number of carbonyl (C=O) groups is 1. The molecule has 2 aliphatic rings. The number of phosphoric ester groups is 1. The van der Waals surface area contributed by atoms with Crippen molar-refractivity contribution in [2.24, 2.45) is 24.3 Å². The zero-order chi connectivity index (χ0) is 38.5. The number of amides is 1. The van der Waals surface area contributed by atoms with Gasteiger partial charge in [-0.3, -0.25) is 19.2 Å². The smallest absolute Gasteiger partial charge is 0.447 e. The summed E-state index contributed by atoms with van der Waals surface area (Å²) in [7, 11) is -3.20. The summed E-state index contributed by atoms with van der Waals surface area (Å²) in [5.41, 5.74) is 1.84. The van der Waals surface area contributed by atoms with Crippen LogP contribution < -0.4 is 15.8 Å². The number of pyridine rings is 2. The molecule has 3 aromatic heterocycles. The Morgan fingerprint density at radius 2 is 1.98 bits per heavy atom. The van der Waals surface area contributed by atoms with Gasteiger partial charge < -0.3 is 24.4 Å². The Bertz CT molecular complexity index is 2420. The SMILES string of the molecule is Cn1ccc2c([C@@H](c3cn(C4CC5CCC54)nn3)N(C(=O)OCCOP(=O)(O)O)c3cc(Cl)c4ncc(C#N)c(NCC(C)(C)C)c4c3)cccc2c1=O. The maximum Gasteiger partial charge on any atom is 0.469 e. The molecular weight excluding hydrogens is 735 g/mol. The number of anilines is 2. The number of hydrogen-bond acceptors (Lipinski definition) is 10. The van der Waals surface area contributed by atoms with Gasteiger partial charge in [0.1, 0.15) is 24.4 Å². The molecule has 282 valence electrons. The van der Waals surface area contributed by atoms with Crippen LogP contribution in [0, 0.1) is 28.6 Å². The lowest BCUT2D eigenvalue weighted by molar-refractivity contribution is -0.0226. The summed E-state index contributed by atoms with van der Waals surface area (Å²) in [6.45, 7) is 5.53. The molecule has 0 bridgehead atoms. The van der Waals surface area contributed by atoms with Crippen LogP contribution in [0.3, 0.4) is 0 Å². The molecule has 3 heterocycles. The van der Waals surface area contributed by atoms with Crippen LogP contribution in [0.25, 0.3) is 21.7 Å². The normalized spacial score (nSPS) is 18.7. The summed E-state index contributed by atoms with van der Waals surface area (Å²) in [6, 6.07) is 11.5. The van der Waals surface area contributed by atoms with Crippen LogP contribution >= 0.6 is 19.4 Å². The lowest BCUT2D eigenvalue weighted by Crippen LogP contribution is -2.45. The minimum Gasteiger partial charge on any atom is -0.447 e. The first-order valence-electron chi connectivity index (χ1n) is 17.6. The van der Waals surface area contributed by atoms with Gasteiger partial charge in [-0.25, -0.2) is 14.0 Å². The number of nitrogens with zero attached hydrogens (tertiary/aromatic N) is 7. The van der Waals surface area contributed by atoms with Gasteiger partial charge in [0.15, 0.2) is 0 Å². The maximum atomic E-state index is 14.5. The second kappa shape index (κ2) is 14.4. The summed E-state index contributed by atoms with van der Waals surface area (Å²) in [4.78, 5) is 52.2. The van der Waals surface area contributed by atoms with Gasteiger partial charge in [0.2, 0.25) is 0 Å². The van der Waals surface area contributed by atoms with E-state index in [0.29, 0.717) is 57.0 Å². The first-order chi connectivity index (χ1) is 25.6. The minimum atomic E-state index is -4.85. The van der Waals surface area contributed by atoms with Crippen LogP contribution in [-0.4, -0.2) is 60.2 Å². The Labute approximate surface area is 315 Å².